The smallest absolute Gasteiger partial charge is 0.272 e. The standard InChI is InChI=1S/C18H19F2N5O2/c1-9-7-22-14(8-21-9)18(26)24-16(10(2)27-4)17-23-13-5-11(19)12(20)6-15(13)25(17)3/h5-8,10,16H,1-4H3,(H,24,26)/t10-,16+/m1/s1. The van der Waals surface area contributed by atoms with Crippen LogP contribution in [0.2, 0.25) is 0 Å². The molecule has 0 aliphatic heterocycles. The Morgan fingerprint density at radius 3 is 2.56 bits per heavy atom. The number of ether oxygens (including phenoxy) is 1. The second-order valence-electron chi connectivity index (χ2n) is 6.22. The molecular weight excluding hydrogens is 356 g/mol. The summed E-state index contributed by atoms with van der Waals surface area (Å²) in [6, 6.07) is 1.42. The van der Waals surface area contributed by atoms with Crippen LogP contribution in [0.5, 0.6) is 0 Å². The van der Waals surface area contributed by atoms with Gasteiger partial charge < -0.3 is 14.6 Å². The fourth-order valence-electron chi connectivity index (χ4n) is 2.74. The van der Waals surface area contributed by atoms with Crippen LogP contribution in [0.3, 0.4) is 0 Å². The largest absolute Gasteiger partial charge is 0.379 e. The topological polar surface area (TPSA) is 81.9 Å². The van der Waals surface area contributed by atoms with Gasteiger partial charge in [0.15, 0.2) is 11.6 Å². The fourth-order valence-corrected chi connectivity index (χ4v) is 2.74. The Kier molecular flexibility index (Phi) is 5.13. The molecule has 0 aliphatic carbocycles. The molecule has 2 heterocycles. The number of aryl methyl sites for hydroxylation is 2. The number of amides is 1. The van der Waals surface area contributed by atoms with Crippen molar-refractivity contribution in [1.29, 1.82) is 0 Å². The summed E-state index contributed by atoms with van der Waals surface area (Å²) < 4.78 is 34.1. The van der Waals surface area contributed by atoms with Crippen molar-refractivity contribution in [2.24, 2.45) is 7.05 Å². The summed E-state index contributed by atoms with van der Waals surface area (Å²) in [4.78, 5) is 25.1. The molecule has 3 aromatic rings. The number of rotatable bonds is 5. The Morgan fingerprint density at radius 2 is 1.93 bits per heavy atom. The summed E-state index contributed by atoms with van der Waals surface area (Å²) >= 11 is 0. The highest BCUT2D eigenvalue weighted by molar-refractivity contribution is 5.92. The second kappa shape index (κ2) is 7.36. The molecule has 1 aromatic carbocycles. The molecule has 9 heteroatoms. The summed E-state index contributed by atoms with van der Waals surface area (Å²) in [7, 11) is 3.16. The fraction of sp³-hybridized carbons (Fsp3) is 0.333. The van der Waals surface area contributed by atoms with E-state index in [-0.39, 0.29) is 11.2 Å². The Morgan fingerprint density at radius 1 is 1.22 bits per heavy atom. The van der Waals surface area contributed by atoms with Gasteiger partial charge in [0.1, 0.15) is 17.6 Å². The van der Waals surface area contributed by atoms with Gasteiger partial charge >= 0.3 is 0 Å². The van der Waals surface area contributed by atoms with Crippen molar-refractivity contribution in [3.05, 3.63) is 53.4 Å². The number of benzene rings is 1. The van der Waals surface area contributed by atoms with Crippen molar-refractivity contribution in [3.8, 4) is 0 Å². The van der Waals surface area contributed by atoms with Crippen LogP contribution in [0.25, 0.3) is 11.0 Å². The quantitative estimate of drug-likeness (QED) is 0.741. The lowest BCUT2D eigenvalue weighted by Gasteiger charge is -2.23. The maximum Gasteiger partial charge on any atom is 0.272 e. The molecule has 0 saturated heterocycles. The summed E-state index contributed by atoms with van der Waals surface area (Å²) in [6.07, 6.45) is 2.40. The first kappa shape index (κ1) is 18.8. The molecule has 0 saturated carbocycles. The number of imidazole rings is 1. The number of nitrogens with one attached hydrogen (secondary N) is 1. The van der Waals surface area contributed by atoms with Crippen molar-refractivity contribution in [3.63, 3.8) is 0 Å². The van der Waals surface area contributed by atoms with Gasteiger partial charge in [0.05, 0.1) is 29.0 Å². The number of methoxy groups -OCH3 is 1. The maximum absolute atomic E-state index is 13.6. The summed E-state index contributed by atoms with van der Waals surface area (Å²) in [5, 5.41) is 2.81. The molecule has 1 N–H and O–H groups in total. The number of fused-ring (bicyclic) bond motifs is 1. The van der Waals surface area contributed by atoms with E-state index in [4.69, 9.17) is 4.74 Å². The lowest BCUT2D eigenvalue weighted by molar-refractivity contribution is 0.0669. The van der Waals surface area contributed by atoms with E-state index in [1.807, 2.05) is 0 Å². The Bertz CT molecular complexity index is 988. The minimum absolute atomic E-state index is 0.143. The van der Waals surface area contributed by atoms with Gasteiger partial charge in [-0.25, -0.2) is 18.7 Å². The molecule has 142 valence electrons. The SMILES string of the molecule is CO[C@H](C)[C@H](NC(=O)c1cnc(C)cn1)c1nc2cc(F)c(F)cc2n1C. The molecule has 0 radical (unpaired) electrons. The van der Waals surface area contributed by atoms with E-state index >= 15 is 0 Å². The molecule has 0 fully saturated rings. The van der Waals surface area contributed by atoms with Crippen LogP contribution in [0.15, 0.2) is 24.5 Å². The van der Waals surface area contributed by atoms with Crippen LogP contribution in [0, 0.1) is 18.6 Å². The zero-order chi connectivity index (χ0) is 19.7. The predicted molar refractivity (Wildman–Crippen MR) is 94.1 cm³/mol. The molecular formula is C18H19F2N5O2. The average molecular weight is 375 g/mol. The van der Waals surface area contributed by atoms with Crippen molar-refractivity contribution in [2.45, 2.75) is 26.0 Å². The number of nitrogens with zero attached hydrogens (tertiary/aromatic N) is 4. The number of carbonyl (C=O) groups excluding carboxylic acids is 1. The molecule has 2 atom stereocenters. The molecule has 27 heavy (non-hydrogen) atoms. The van der Waals surface area contributed by atoms with Crippen molar-refractivity contribution >= 4 is 16.9 Å². The number of carbonyl (C=O) groups is 1. The van der Waals surface area contributed by atoms with E-state index in [9.17, 15) is 13.6 Å². The molecule has 7 nitrogen and oxygen atoms in total. The minimum Gasteiger partial charge on any atom is -0.379 e. The van der Waals surface area contributed by atoms with E-state index in [2.05, 4.69) is 20.3 Å². The molecule has 0 unspecified atom stereocenters. The van der Waals surface area contributed by atoms with Gasteiger partial charge in [-0.1, -0.05) is 0 Å². The summed E-state index contributed by atoms with van der Waals surface area (Å²) in [5.74, 6) is -2.01. The molecule has 0 aliphatic rings. The lowest BCUT2D eigenvalue weighted by atomic mass is 10.1. The van der Waals surface area contributed by atoms with Crippen LogP contribution in [-0.2, 0) is 11.8 Å². The first-order valence-electron chi connectivity index (χ1n) is 8.25. The summed E-state index contributed by atoms with van der Waals surface area (Å²) in [6.45, 7) is 3.52. The van der Waals surface area contributed by atoms with E-state index in [0.29, 0.717) is 17.0 Å². The average Bonchev–Trinajstić information content (AvgIpc) is 2.95. The van der Waals surface area contributed by atoms with E-state index in [1.165, 1.54) is 19.5 Å². The van der Waals surface area contributed by atoms with Gasteiger partial charge in [-0.2, -0.15) is 0 Å². The third-order valence-electron chi connectivity index (χ3n) is 4.38. The van der Waals surface area contributed by atoms with Crippen LogP contribution >= 0.6 is 0 Å². The van der Waals surface area contributed by atoms with Crippen LogP contribution in [0.4, 0.5) is 8.78 Å². The van der Waals surface area contributed by atoms with E-state index in [0.717, 1.165) is 12.1 Å². The number of aromatic nitrogens is 4. The second-order valence-corrected chi connectivity index (χ2v) is 6.22. The monoisotopic (exact) mass is 375 g/mol. The van der Waals surface area contributed by atoms with Crippen molar-refractivity contribution in [1.82, 2.24) is 24.8 Å². The number of hydrogen-bond donors (Lipinski definition) is 1. The van der Waals surface area contributed by atoms with Gasteiger partial charge in [0.25, 0.3) is 5.91 Å². The molecule has 1 amide bonds. The van der Waals surface area contributed by atoms with Crippen molar-refractivity contribution in [2.75, 3.05) is 7.11 Å². The van der Waals surface area contributed by atoms with Gasteiger partial charge in [-0.3, -0.25) is 9.78 Å². The first-order chi connectivity index (χ1) is 12.8. The zero-order valence-corrected chi connectivity index (χ0v) is 15.3. The molecule has 0 spiro atoms. The predicted octanol–water partition coefficient (Wildman–Crippen LogP) is 2.46. The third kappa shape index (κ3) is 3.63. The van der Waals surface area contributed by atoms with Gasteiger partial charge in [0, 0.05) is 32.5 Å². The number of halogens is 2. The normalized spacial score (nSPS) is 13.6. The molecule has 3 rings (SSSR count). The third-order valence-corrected chi connectivity index (χ3v) is 4.38. The first-order valence-corrected chi connectivity index (χ1v) is 8.25. The van der Waals surface area contributed by atoms with Crippen LogP contribution in [0.1, 0.15) is 35.0 Å². The van der Waals surface area contributed by atoms with Gasteiger partial charge in [-0.15, -0.1) is 0 Å². The Labute approximate surface area is 154 Å². The van der Waals surface area contributed by atoms with Crippen LogP contribution in [-0.4, -0.2) is 38.6 Å². The van der Waals surface area contributed by atoms with E-state index in [1.54, 1.807) is 25.5 Å². The van der Waals surface area contributed by atoms with Crippen LogP contribution < -0.4 is 5.32 Å². The highest BCUT2D eigenvalue weighted by Gasteiger charge is 2.28. The molecule has 0 bridgehead atoms. The zero-order valence-electron chi connectivity index (χ0n) is 15.3. The molecule has 2 aromatic heterocycles. The Hall–Kier alpha value is -2.94. The van der Waals surface area contributed by atoms with E-state index < -0.39 is 29.7 Å². The highest BCUT2D eigenvalue weighted by atomic mass is 19.2. The van der Waals surface area contributed by atoms with Gasteiger partial charge in [-0.05, 0) is 13.8 Å². The van der Waals surface area contributed by atoms with Gasteiger partial charge in [0.2, 0.25) is 0 Å². The Balaban J connectivity index is 2.00. The highest BCUT2D eigenvalue weighted by Crippen LogP contribution is 2.25. The van der Waals surface area contributed by atoms with Crippen molar-refractivity contribution < 1.29 is 18.3 Å². The maximum atomic E-state index is 13.6. The number of hydrogen-bond acceptors (Lipinski definition) is 5. The minimum atomic E-state index is -0.984. The lowest BCUT2D eigenvalue weighted by Crippen LogP contribution is -2.38. The summed E-state index contributed by atoms with van der Waals surface area (Å²) in [5.41, 5.74) is 1.52.